The van der Waals surface area contributed by atoms with Gasteiger partial charge in [-0.25, -0.2) is 23.1 Å². The standard InChI is InChI=1S/C25H25F2N5O5S/c1-36-24(34)21-22(25(35)37-2)32(30-29-21)16-11-20(23(33)28-15-5-4-6-17(10-15)38-3)31(13-16)12-14-7-8-18(26)19(27)9-14/h4-10,16,20H,11-13H2,1-3H3,(H,28,33)/t16-,20-/m0/s1. The lowest BCUT2D eigenvalue weighted by Gasteiger charge is -2.23. The zero-order valence-corrected chi connectivity index (χ0v) is 21.6. The van der Waals surface area contributed by atoms with Gasteiger partial charge in [-0.15, -0.1) is 16.9 Å². The maximum absolute atomic E-state index is 13.9. The van der Waals surface area contributed by atoms with Gasteiger partial charge in [-0.1, -0.05) is 17.3 Å². The Morgan fingerprint density at radius 3 is 2.53 bits per heavy atom. The first-order valence-corrected chi connectivity index (χ1v) is 12.7. The van der Waals surface area contributed by atoms with Gasteiger partial charge in [0.25, 0.3) is 0 Å². The van der Waals surface area contributed by atoms with Crippen molar-refractivity contribution in [2.24, 2.45) is 0 Å². The molecule has 0 spiro atoms. The lowest BCUT2D eigenvalue weighted by atomic mass is 10.1. The molecule has 1 fully saturated rings. The Morgan fingerprint density at radius 2 is 1.84 bits per heavy atom. The molecule has 38 heavy (non-hydrogen) atoms. The van der Waals surface area contributed by atoms with Crippen molar-refractivity contribution >= 4 is 35.3 Å². The Bertz CT molecular complexity index is 1370. The average Bonchev–Trinajstić information content (AvgIpc) is 3.54. The second-order valence-electron chi connectivity index (χ2n) is 8.52. The van der Waals surface area contributed by atoms with Gasteiger partial charge >= 0.3 is 11.9 Å². The first-order valence-electron chi connectivity index (χ1n) is 11.5. The summed E-state index contributed by atoms with van der Waals surface area (Å²) in [5.74, 6) is -4.02. The number of esters is 2. The molecule has 0 bridgehead atoms. The summed E-state index contributed by atoms with van der Waals surface area (Å²) < 4.78 is 38.2. The van der Waals surface area contributed by atoms with Gasteiger partial charge in [0, 0.05) is 23.7 Å². The van der Waals surface area contributed by atoms with Crippen molar-refractivity contribution in [1.82, 2.24) is 19.9 Å². The molecule has 2 atom stereocenters. The van der Waals surface area contributed by atoms with Gasteiger partial charge in [-0.2, -0.15) is 0 Å². The summed E-state index contributed by atoms with van der Waals surface area (Å²) in [4.78, 5) is 40.9. The van der Waals surface area contributed by atoms with E-state index >= 15 is 0 Å². The number of hydrogen-bond acceptors (Lipinski definition) is 9. The van der Waals surface area contributed by atoms with Gasteiger partial charge in [-0.05, 0) is 48.6 Å². The highest BCUT2D eigenvalue weighted by Gasteiger charge is 2.41. The van der Waals surface area contributed by atoms with Gasteiger partial charge in [0.05, 0.1) is 26.3 Å². The van der Waals surface area contributed by atoms with Gasteiger partial charge in [0.15, 0.2) is 17.3 Å². The molecule has 200 valence electrons. The van der Waals surface area contributed by atoms with Crippen LogP contribution >= 0.6 is 11.8 Å². The average molecular weight is 546 g/mol. The summed E-state index contributed by atoms with van der Waals surface area (Å²) in [5, 5.41) is 10.7. The van der Waals surface area contributed by atoms with Crippen LogP contribution in [0.1, 0.15) is 39.0 Å². The largest absolute Gasteiger partial charge is 0.464 e. The molecule has 1 N–H and O–H groups in total. The van der Waals surface area contributed by atoms with Crippen LogP contribution in [0.4, 0.5) is 14.5 Å². The predicted molar refractivity (Wildman–Crippen MR) is 134 cm³/mol. The van der Waals surface area contributed by atoms with Crippen molar-refractivity contribution in [1.29, 1.82) is 0 Å². The Balaban J connectivity index is 1.66. The van der Waals surface area contributed by atoms with Crippen molar-refractivity contribution in [2.75, 3.05) is 32.3 Å². The number of ether oxygens (including phenoxy) is 2. The van der Waals surface area contributed by atoms with Gasteiger partial charge < -0.3 is 14.8 Å². The minimum atomic E-state index is -1.000. The topological polar surface area (TPSA) is 116 Å². The Kier molecular flexibility index (Phi) is 8.37. The molecule has 1 amide bonds. The molecule has 1 aliphatic heterocycles. The first-order chi connectivity index (χ1) is 18.2. The number of hydrogen-bond donors (Lipinski definition) is 1. The maximum Gasteiger partial charge on any atom is 0.361 e. The van der Waals surface area contributed by atoms with Crippen LogP contribution in [0.25, 0.3) is 0 Å². The minimum Gasteiger partial charge on any atom is -0.464 e. The summed E-state index contributed by atoms with van der Waals surface area (Å²) in [7, 11) is 2.30. The van der Waals surface area contributed by atoms with E-state index in [1.807, 2.05) is 24.5 Å². The van der Waals surface area contributed by atoms with Crippen LogP contribution < -0.4 is 5.32 Å². The first kappa shape index (κ1) is 27.2. The summed E-state index contributed by atoms with van der Waals surface area (Å²) in [6.45, 7) is 0.304. The van der Waals surface area contributed by atoms with Gasteiger partial charge in [0.2, 0.25) is 11.6 Å². The number of methoxy groups -OCH3 is 2. The third-order valence-electron chi connectivity index (χ3n) is 6.19. The number of benzene rings is 2. The normalized spacial score (nSPS) is 17.3. The molecule has 1 saturated heterocycles. The van der Waals surface area contributed by atoms with E-state index in [1.54, 1.807) is 11.0 Å². The Morgan fingerprint density at radius 1 is 1.08 bits per heavy atom. The highest BCUT2D eigenvalue weighted by Crippen LogP contribution is 2.32. The lowest BCUT2D eigenvalue weighted by Crippen LogP contribution is -2.39. The maximum atomic E-state index is 13.9. The van der Waals surface area contributed by atoms with E-state index in [4.69, 9.17) is 9.47 Å². The second-order valence-corrected chi connectivity index (χ2v) is 9.40. The van der Waals surface area contributed by atoms with E-state index in [0.29, 0.717) is 11.3 Å². The second kappa shape index (κ2) is 11.7. The quantitative estimate of drug-likeness (QED) is 0.336. The van der Waals surface area contributed by atoms with E-state index in [1.165, 1.54) is 22.5 Å². The lowest BCUT2D eigenvalue weighted by molar-refractivity contribution is -0.120. The smallest absolute Gasteiger partial charge is 0.361 e. The van der Waals surface area contributed by atoms with Crippen LogP contribution in [0, 0.1) is 11.6 Å². The highest BCUT2D eigenvalue weighted by atomic mass is 32.2. The third-order valence-corrected chi connectivity index (χ3v) is 6.91. The number of carbonyl (C=O) groups excluding carboxylic acids is 3. The number of thioether (sulfide) groups is 1. The molecule has 0 saturated carbocycles. The van der Waals surface area contributed by atoms with Crippen molar-refractivity contribution in [3.05, 3.63) is 71.1 Å². The van der Waals surface area contributed by atoms with E-state index < -0.39 is 35.7 Å². The molecule has 4 rings (SSSR count). The Hall–Kier alpha value is -3.84. The number of rotatable bonds is 8. The summed E-state index contributed by atoms with van der Waals surface area (Å²) in [6, 6.07) is 9.57. The van der Waals surface area contributed by atoms with Crippen LogP contribution in [0.2, 0.25) is 0 Å². The number of nitrogens with one attached hydrogen (secondary N) is 1. The molecule has 0 radical (unpaired) electrons. The highest BCUT2D eigenvalue weighted by molar-refractivity contribution is 7.98. The molecule has 0 unspecified atom stereocenters. The molecule has 0 aliphatic carbocycles. The summed E-state index contributed by atoms with van der Waals surface area (Å²) in [6.07, 6.45) is 2.11. The molecule has 2 aromatic carbocycles. The van der Waals surface area contributed by atoms with E-state index in [0.717, 1.165) is 31.2 Å². The number of anilines is 1. The van der Waals surface area contributed by atoms with Crippen LogP contribution in [0.3, 0.4) is 0 Å². The van der Waals surface area contributed by atoms with Crippen LogP contribution in [0.15, 0.2) is 47.4 Å². The van der Waals surface area contributed by atoms with Crippen LogP contribution in [-0.4, -0.2) is 70.8 Å². The molecular formula is C25H25F2N5O5S. The zero-order chi connectivity index (χ0) is 27.4. The number of amides is 1. The predicted octanol–water partition coefficient (Wildman–Crippen LogP) is 3.31. The fraction of sp³-hybridized carbons (Fsp3) is 0.320. The fourth-order valence-corrected chi connectivity index (χ4v) is 4.83. The summed E-state index contributed by atoms with van der Waals surface area (Å²) in [5.41, 5.74) is 0.537. The number of halogens is 2. The molecule has 1 aromatic heterocycles. The van der Waals surface area contributed by atoms with E-state index in [9.17, 15) is 23.2 Å². The third kappa shape index (κ3) is 5.68. The number of aromatic nitrogens is 3. The zero-order valence-electron chi connectivity index (χ0n) is 20.8. The number of likely N-dealkylation sites (tertiary alicyclic amines) is 1. The van der Waals surface area contributed by atoms with Crippen molar-refractivity contribution < 1.29 is 32.6 Å². The molecular weight excluding hydrogens is 520 g/mol. The minimum absolute atomic E-state index is 0.114. The van der Waals surface area contributed by atoms with Gasteiger partial charge in [-0.3, -0.25) is 9.69 Å². The van der Waals surface area contributed by atoms with Crippen molar-refractivity contribution in [2.45, 2.75) is 29.9 Å². The molecule has 10 nitrogen and oxygen atoms in total. The van der Waals surface area contributed by atoms with E-state index in [2.05, 4.69) is 15.6 Å². The number of carbonyl (C=O) groups is 3. The SMILES string of the molecule is COC(=O)c1nnn([C@H]2C[C@@H](C(=O)Nc3cccc(SC)c3)N(Cc3ccc(F)c(F)c3)C2)c1C(=O)OC. The van der Waals surface area contributed by atoms with Gasteiger partial charge in [0.1, 0.15) is 0 Å². The number of nitrogens with zero attached hydrogens (tertiary/aromatic N) is 4. The fourth-order valence-electron chi connectivity index (χ4n) is 4.37. The van der Waals surface area contributed by atoms with Crippen LogP contribution in [0.5, 0.6) is 0 Å². The summed E-state index contributed by atoms with van der Waals surface area (Å²) >= 11 is 1.53. The van der Waals surface area contributed by atoms with Crippen LogP contribution in [-0.2, 0) is 20.8 Å². The van der Waals surface area contributed by atoms with Crippen molar-refractivity contribution in [3.8, 4) is 0 Å². The Labute approximate surface area is 221 Å². The molecule has 3 aromatic rings. The molecule has 2 heterocycles. The monoisotopic (exact) mass is 545 g/mol. The van der Waals surface area contributed by atoms with E-state index in [-0.39, 0.29) is 36.8 Å². The molecule has 13 heteroatoms. The molecule has 1 aliphatic rings. The van der Waals surface area contributed by atoms with Crippen molar-refractivity contribution in [3.63, 3.8) is 0 Å².